The molecule has 0 aromatic carbocycles. The monoisotopic (exact) mass is 319 g/mol. The number of alkyl halides is 3. The van der Waals surface area contributed by atoms with Gasteiger partial charge in [0.15, 0.2) is 5.16 Å². The molecular formula is C12H12F3N3S2. The van der Waals surface area contributed by atoms with Gasteiger partial charge < -0.3 is 0 Å². The van der Waals surface area contributed by atoms with E-state index in [0.717, 1.165) is 23.1 Å². The van der Waals surface area contributed by atoms with Crippen molar-refractivity contribution in [1.82, 2.24) is 15.0 Å². The first kappa shape index (κ1) is 15.2. The lowest BCUT2D eigenvalue weighted by Crippen LogP contribution is -2.10. The Morgan fingerprint density at radius 2 is 2.05 bits per heavy atom. The molecule has 0 bridgehead atoms. The number of hydrogen-bond acceptors (Lipinski definition) is 5. The average Bonchev–Trinajstić information content (AvgIpc) is 2.82. The smallest absolute Gasteiger partial charge is 0.249 e. The molecule has 0 saturated heterocycles. The fraction of sp³-hybridized carbons (Fsp3) is 0.417. The quantitative estimate of drug-likeness (QED) is 0.628. The zero-order chi connectivity index (χ0) is 14.8. The number of aromatic nitrogens is 3. The van der Waals surface area contributed by atoms with E-state index in [0.29, 0.717) is 11.4 Å². The topological polar surface area (TPSA) is 38.7 Å². The molecule has 0 fully saturated rings. The lowest BCUT2D eigenvalue weighted by atomic mass is 10.3. The summed E-state index contributed by atoms with van der Waals surface area (Å²) in [6.07, 6.45) is -3.63. The van der Waals surface area contributed by atoms with Gasteiger partial charge in [-0.15, -0.1) is 11.3 Å². The Hall–Kier alpha value is -1.15. The molecule has 3 nitrogen and oxygen atoms in total. The van der Waals surface area contributed by atoms with Gasteiger partial charge in [0.05, 0.1) is 11.2 Å². The van der Waals surface area contributed by atoms with Crippen molar-refractivity contribution in [2.75, 3.05) is 0 Å². The van der Waals surface area contributed by atoms with Crippen LogP contribution < -0.4 is 0 Å². The first-order chi connectivity index (χ1) is 9.40. The molecule has 20 heavy (non-hydrogen) atoms. The highest BCUT2D eigenvalue weighted by Crippen LogP contribution is 2.30. The minimum Gasteiger partial charge on any atom is -0.249 e. The van der Waals surface area contributed by atoms with Gasteiger partial charge in [0.2, 0.25) is 0 Å². The number of nitrogens with zero attached hydrogens (tertiary/aromatic N) is 3. The summed E-state index contributed by atoms with van der Waals surface area (Å²) in [6, 6.07) is 0.953. The summed E-state index contributed by atoms with van der Waals surface area (Å²) in [5.41, 5.74) is 2.14. The van der Waals surface area contributed by atoms with E-state index < -0.39 is 11.9 Å². The number of hydrogen-bond donors (Lipinski definition) is 0. The van der Waals surface area contributed by atoms with E-state index in [2.05, 4.69) is 15.0 Å². The van der Waals surface area contributed by atoms with Crippen molar-refractivity contribution in [3.8, 4) is 0 Å². The van der Waals surface area contributed by atoms with Gasteiger partial charge in [-0.3, -0.25) is 0 Å². The Morgan fingerprint density at radius 1 is 1.30 bits per heavy atom. The van der Waals surface area contributed by atoms with Crippen molar-refractivity contribution >= 4 is 23.1 Å². The second-order valence-corrected chi connectivity index (χ2v) is 5.92. The molecule has 0 N–H and O–H groups in total. The van der Waals surface area contributed by atoms with Crippen LogP contribution in [0.4, 0.5) is 13.2 Å². The van der Waals surface area contributed by atoms with Crippen LogP contribution in [0.5, 0.6) is 0 Å². The van der Waals surface area contributed by atoms with Crippen molar-refractivity contribution in [3.05, 3.63) is 33.5 Å². The van der Waals surface area contributed by atoms with Crippen molar-refractivity contribution < 1.29 is 13.2 Å². The zero-order valence-corrected chi connectivity index (χ0v) is 12.5. The van der Waals surface area contributed by atoms with Gasteiger partial charge in [0.25, 0.3) is 0 Å². The third kappa shape index (κ3) is 3.69. The third-order valence-electron chi connectivity index (χ3n) is 2.52. The van der Waals surface area contributed by atoms with Gasteiger partial charge in [0, 0.05) is 16.3 Å². The molecular weight excluding hydrogens is 307 g/mol. The van der Waals surface area contributed by atoms with Crippen molar-refractivity contribution in [2.45, 2.75) is 37.4 Å². The van der Waals surface area contributed by atoms with Crippen LogP contribution >= 0.6 is 23.1 Å². The number of aryl methyl sites for hydroxylation is 2. The highest BCUT2D eigenvalue weighted by molar-refractivity contribution is 7.98. The largest absolute Gasteiger partial charge is 0.433 e. The Kier molecular flexibility index (Phi) is 4.64. The fourth-order valence-corrected chi connectivity index (χ4v) is 3.47. The van der Waals surface area contributed by atoms with Crippen molar-refractivity contribution in [1.29, 1.82) is 0 Å². The maximum Gasteiger partial charge on any atom is 0.433 e. The molecule has 108 valence electrons. The summed E-state index contributed by atoms with van der Waals surface area (Å²) < 4.78 is 38.0. The molecule has 0 spiro atoms. The van der Waals surface area contributed by atoms with E-state index in [-0.39, 0.29) is 5.16 Å². The summed E-state index contributed by atoms with van der Waals surface area (Å²) in [7, 11) is 0. The van der Waals surface area contributed by atoms with Crippen molar-refractivity contribution in [3.63, 3.8) is 0 Å². The highest BCUT2D eigenvalue weighted by atomic mass is 32.2. The maximum atomic E-state index is 12.7. The van der Waals surface area contributed by atoms with Gasteiger partial charge in [-0.1, -0.05) is 18.7 Å². The third-order valence-corrected chi connectivity index (χ3v) is 4.45. The predicted molar refractivity (Wildman–Crippen MR) is 72.8 cm³/mol. The lowest BCUT2D eigenvalue weighted by molar-refractivity contribution is -0.141. The van der Waals surface area contributed by atoms with Crippen LogP contribution in [0.3, 0.4) is 0 Å². The molecule has 0 radical (unpaired) electrons. The molecule has 2 aromatic rings. The van der Waals surface area contributed by atoms with Gasteiger partial charge in [-0.2, -0.15) is 13.2 Å². The summed E-state index contributed by atoms with van der Waals surface area (Å²) in [5, 5.41) is 0.146. The van der Waals surface area contributed by atoms with Crippen LogP contribution in [-0.4, -0.2) is 15.0 Å². The van der Waals surface area contributed by atoms with E-state index in [1.54, 1.807) is 5.51 Å². The van der Waals surface area contributed by atoms with Gasteiger partial charge in [-0.25, -0.2) is 15.0 Å². The van der Waals surface area contributed by atoms with Gasteiger partial charge >= 0.3 is 6.18 Å². The Bertz CT molecular complexity index is 596. The Balaban J connectivity index is 2.16. The van der Waals surface area contributed by atoms with Crippen molar-refractivity contribution in [2.24, 2.45) is 0 Å². The molecule has 2 rings (SSSR count). The molecule has 2 heterocycles. The maximum absolute atomic E-state index is 12.7. The average molecular weight is 319 g/mol. The van der Waals surface area contributed by atoms with E-state index in [4.69, 9.17) is 0 Å². The second kappa shape index (κ2) is 6.09. The molecule has 0 aliphatic carbocycles. The molecule has 0 amide bonds. The SMILES string of the molecule is CCc1ncsc1CSc1nc(C)cc(C(F)(F)F)n1. The van der Waals surface area contributed by atoms with E-state index in [1.165, 1.54) is 30.0 Å². The van der Waals surface area contributed by atoms with Gasteiger partial charge in [0.1, 0.15) is 5.69 Å². The van der Waals surface area contributed by atoms with Crippen LogP contribution in [0, 0.1) is 6.92 Å². The fourth-order valence-electron chi connectivity index (χ4n) is 1.58. The molecule has 0 aliphatic rings. The van der Waals surface area contributed by atoms with Crippen LogP contribution in [0.25, 0.3) is 0 Å². The van der Waals surface area contributed by atoms with Crippen LogP contribution in [-0.2, 0) is 18.3 Å². The highest BCUT2D eigenvalue weighted by Gasteiger charge is 2.33. The van der Waals surface area contributed by atoms with Crippen LogP contribution in [0.2, 0.25) is 0 Å². The van der Waals surface area contributed by atoms with E-state index in [9.17, 15) is 13.2 Å². The first-order valence-electron chi connectivity index (χ1n) is 5.87. The van der Waals surface area contributed by atoms with Gasteiger partial charge in [-0.05, 0) is 19.4 Å². The molecule has 0 atom stereocenters. The summed E-state index contributed by atoms with van der Waals surface area (Å²) >= 11 is 2.70. The summed E-state index contributed by atoms with van der Waals surface area (Å²) in [6.45, 7) is 3.53. The Morgan fingerprint density at radius 3 is 2.70 bits per heavy atom. The summed E-state index contributed by atoms with van der Waals surface area (Å²) in [5.74, 6) is 0.536. The molecule has 2 aromatic heterocycles. The number of thioether (sulfide) groups is 1. The van der Waals surface area contributed by atoms with E-state index in [1.807, 2.05) is 6.92 Å². The minimum absolute atomic E-state index is 0.146. The molecule has 0 aliphatic heterocycles. The zero-order valence-electron chi connectivity index (χ0n) is 10.9. The van der Waals surface area contributed by atoms with Crippen LogP contribution in [0.15, 0.2) is 16.7 Å². The predicted octanol–water partition coefficient (Wildman–Crippen LogP) is 4.12. The number of halogens is 3. The first-order valence-corrected chi connectivity index (χ1v) is 7.73. The lowest BCUT2D eigenvalue weighted by Gasteiger charge is -2.08. The molecule has 0 saturated carbocycles. The molecule has 8 heteroatoms. The minimum atomic E-state index is -4.44. The Labute approximate surface area is 122 Å². The number of rotatable bonds is 4. The standard InChI is InChI=1S/C12H12F3N3S2/c1-3-8-9(20-6-16-8)5-19-11-17-7(2)4-10(18-11)12(13,14)15/h4,6H,3,5H2,1-2H3. The summed E-state index contributed by atoms with van der Waals surface area (Å²) in [4.78, 5) is 12.9. The second-order valence-electron chi connectivity index (χ2n) is 4.04. The van der Waals surface area contributed by atoms with Crippen LogP contribution in [0.1, 0.15) is 28.9 Å². The van der Waals surface area contributed by atoms with E-state index >= 15 is 0 Å². The molecule has 0 unspecified atom stereocenters. The normalized spacial score (nSPS) is 11.8. The number of thiazole rings is 1.